The fourth-order valence-corrected chi connectivity index (χ4v) is 2.41. The Morgan fingerprint density at radius 1 is 1.05 bits per heavy atom. The third kappa shape index (κ3) is 2.90. The van der Waals surface area contributed by atoms with Gasteiger partial charge in [0.05, 0.1) is 7.11 Å². The summed E-state index contributed by atoms with van der Waals surface area (Å²) in [4.78, 5) is 11.0. The molecule has 116 valence electrons. The Labute approximate surface area is 126 Å². The maximum Gasteiger partial charge on any atom is 0.160 e. The SMILES string of the molecule is COc1ccc([C@H](CC=O)c2c(O)cc(O)cc2O)cc1O. The molecule has 0 unspecified atom stereocenters. The van der Waals surface area contributed by atoms with Gasteiger partial charge >= 0.3 is 0 Å². The number of aldehydes is 1. The van der Waals surface area contributed by atoms with Crippen LogP contribution in [0.4, 0.5) is 0 Å². The molecule has 0 aliphatic heterocycles. The molecule has 2 aromatic rings. The van der Waals surface area contributed by atoms with E-state index in [2.05, 4.69) is 0 Å². The van der Waals surface area contributed by atoms with Crippen LogP contribution in [0, 0.1) is 0 Å². The molecule has 0 amide bonds. The van der Waals surface area contributed by atoms with E-state index < -0.39 is 5.92 Å². The largest absolute Gasteiger partial charge is 0.508 e. The lowest BCUT2D eigenvalue weighted by Crippen LogP contribution is -2.03. The smallest absolute Gasteiger partial charge is 0.160 e. The first-order chi connectivity index (χ1) is 10.5. The van der Waals surface area contributed by atoms with Crippen molar-refractivity contribution in [2.75, 3.05) is 7.11 Å². The summed E-state index contributed by atoms with van der Waals surface area (Å²) in [5.74, 6) is -1.48. The molecule has 0 saturated carbocycles. The molecule has 0 heterocycles. The van der Waals surface area contributed by atoms with E-state index in [0.717, 1.165) is 12.1 Å². The highest BCUT2D eigenvalue weighted by Crippen LogP contribution is 2.43. The van der Waals surface area contributed by atoms with Gasteiger partial charge in [-0.3, -0.25) is 0 Å². The number of carbonyl (C=O) groups is 1. The van der Waals surface area contributed by atoms with E-state index in [-0.39, 0.29) is 40.7 Å². The Morgan fingerprint density at radius 3 is 2.18 bits per heavy atom. The van der Waals surface area contributed by atoms with Gasteiger partial charge in [0.25, 0.3) is 0 Å². The minimum Gasteiger partial charge on any atom is -0.508 e. The first-order valence-electron chi connectivity index (χ1n) is 6.53. The van der Waals surface area contributed by atoms with Crippen molar-refractivity contribution < 1.29 is 30.0 Å². The Balaban J connectivity index is 2.56. The number of benzene rings is 2. The molecule has 0 aliphatic rings. The van der Waals surface area contributed by atoms with Crippen molar-refractivity contribution in [1.82, 2.24) is 0 Å². The monoisotopic (exact) mass is 304 g/mol. The molecule has 6 heteroatoms. The Bertz CT molecular complexity index is 672. The number of aromatic hydroxyl groups is 4. The summed E-state index contributed by atoms with van der Waals surface area (Å²) >= 11 is 0. The first-order valence-corrected chi connectivity index (χ1v) is 6.53. The molecule has 22 heavy (non-hydrogen) atoms. The van der Waals surface area contributed by atoms with Crippen LogP contribution in [0.5, 0.6) is 28.7 Å². The molecule has 2 rings (SSSR count). The van der Waals surface area contributed by atoms with Crippen LogP contribution in [0.1, 0.15) is 23.5 Å². The van der Waals surface area contributed by atoms with Gasteiger partial charge in [-0.2, -0.15) is 0 Å². The fraction of sp³-hybridized carbons (Fsp3) is 0.188. The zero-order chi connectivity index (χ0) is 16.3. The maximum atomic E-state index is 11.0. The van der Waals surface area contributed by atoms with E-state index in [1.165, 1.54) is 19.2 Å². The summed E-state index contributed by atoms with van der Waals surface area (Å²) in [7, 11) is 1.41. The molecular weight excluding hydrogens is 288 g/mol. The molecule has 0 bridgehead atoms. The van der Waals surface area contributed by atoms with Crippen LogP contribution in [0.3, 0.4) is 0 Å². The highest BCUT2D eigenvalue weighted by atomic mass is 16.5. The minimum atomic E-state index is -0.671. The van der Waals surface area contributed by atoms with Crippen LogP contribution in [0.15, 0.2) is 30.3 Å². The molecule has 1 atom stereocenters. The summed E-state index contributed by atoms with van der Waals surface area (Å²) in [5, 5.41) is 39.2. The normalized spacial score (nSPS) is 11.9. The van der Waals surface area contributed by atoms with Crippen LogP contribution >= 0.6 is 0 Å². The first kappa shape index (κ1) is 15.5. The lowest BCUT2D eigenvalue weighted by Gasteiger charge is -2.19. The van der Waals surface area contributed by atoms with Crippen molar-refractivity contribution in [3.63, 3.8) is 0 Å². The lowest BCUT2D eigenvalue weighted by atomic mass is 9.87. The van der Waals surface area contributed by atoms with Gasteiger partial charge in [-0.1, -0.05) is 6.07 Å². The minimum absolute atomic E-state index is 0.0162. The number of hydrogen-bond donors (Lipinski definition) is 4. The second kappa shape index (κ2) is 6.26. The highest BCUT2D eigenvalue weighted by molar-refractivity contribution is 5.60. The van der Waals surface area contributed by atoms with E-state index in [0.29, 0.717) is 11.8 Å². The van der Waals surface area contributed by atoms with Crippen LogP contribution in [0.25, 0.3) is 0 Å². The predicted molar refractivity (Wildman–Crippen MR) is 78.6 cm³/mol. The summed E-state index contributed by atoms with van der Waals surface area (Å²) < 4.78 is 4.96. The van der Waals surface area contributed by atoms with Gasteiger partial charge in [-0.25, -0.2) is 0 Å². The van der Waals surface area contributed by atoms with E-state index >= 15 is 0 Å². The third-order valence-electron chi connectivity index (χ3n) is 3.41. The Kier molecular flexibility index (Phi) is 4.41. The number of methoxy groups -OCH3 is 1. The second-order valence-corrected chi connectivity index (χ2v) is 4.78. The van der Waals surface area contributed by atoms with Crippen LogP contribution in [-0.4, -0.2) is 33.8 Å². The zero-order valence-corrected chi connectivity index (χ0v) is 11.9. The topological polar surface area (TPSA) is 107 Å². The van der Waals surface area contributed by atoms with Crippen molar-refractivity contribution in [2.24, 2.45) is 0 Å². The second-order valence-electron chi connectivity index (χ2n) is 4.78. The molecule has 0 saturated heterocycles. The molecule has 6 nitrogen and oxygen atoms in total. The summed E-state index contributed by atoms with van der Waals surface area (Å²) in [6.45, 7) is 0. The number of phenols is 4. The van der Waals surface area contributed by atoms with Crippen LogP contribution in [-0.2, 0) is 4.79 Å². The number of phenolic OH excluding ortho intramolecular Hbond substituents is 4. The number of rotatable bonds is 5. The molecule has 0 spiro atoms. The van der Waals surface area contributed by atoms with Crippen molar-refractivity contribution in [1.29, 1.82) is 0 Å². The molecular formula is C16H16O6. The van der Waals surface area contributed by atoms with Gasteiger partial charge in [-0.15, -0.1) is 0 Å². The van der Waals surface area contributed by atoms with Crippen molar-refractivity contribution in [2.45, 2.75) is 12.3 Å². The van der Waals surface area contributed by atoms with Gasteiger partial charge in [-0.05, 0) is 17.7 Å². The summed E-state index contributed by atoms with van der Waals surface area (Å²) in [6.07, 6.45) is 0.634. The standard InChI is InChI=1S/C16H16O6/c1-22-15-3-2-9(6-12(15)19)11(4-5-17)16-13(20)7-10(18)8-14(16)21/h2-3,5-8,11,18-21H,4H2,1H3/t11-/m0/s1. The Hall–Kier alpha value is -2.89. The van der Waals surface area contributed by atoms with E-state index in [9.17, 15) is 25.2 Å². The number of hydrogen-bond acceptors (Lipinski definition) is 6. The Morgan fingerprint density at radius 2 is 1.68 bits per heavy atom. The number of ether oxygens (including phenoxy) is 1. The van der Waals surface area contributed by atoms with Crippen molar-refractivity contribution in [3.8, 4) is 28.7 Å². The maximum absolute atomic E-state index is 11.0. The van der Waals surface area contributed by atoms with E-state index in [4.69, 9.17) is 4.74 Å². The van der Waals surface area contributed by atoms with E-state index in [1.54, 1.807) is 6.07 Å². The molecule has 0 aromatic heterocycles. The van der Waals surface area contributed by atoms with Crippen molar-refractivity contribution >= 4 is 6.29 Å². The van der Waals surface area contributed by atoms with Gasteiger partial charge in [0.2, 0.25) is 0 Å². The molecule has 4 N–H and O–H groups in total. The quantitative estimate of drug-likeness (QED) is 0.631. The molecule has 0 fully saturated rings. The molecule has 2 aromatic carbocycles. The van der Waals surface area contributed by atoms with Crippen LogP contribution < -0.4 is 4.74 Å². The van der Waals surface area contributed by atoms with Crippen LogP contribution in [0.2, 0.25) is 0 Å². The van der Waals surface area contributed by atoms with Gasteiger partial charge in [0.1, 0.15) is 23.5 Å². The lowest BCUT2D eigenvalue weighted by molar-refractivity contribution is -0.108. The van der Waals surface area contributed by atoms with Gasteiger partial charge < -0.3 is 30.0 Å². The fourth-order valence-electron chi connectivity index (χ4n) is 2.41. The average molecular weight is 304 g/mol. The molecule has 0 aliphatic carbocycles. The van der Waals surface area contributed by atoms with Gasteiger partial charge in [0.15, 0.2) is 11.5 Å². The predicted octanol–water partition coefficient (Wildman–Crippen LogP) is 2.24. The summed E-state index contributed by atoms with van der Waals surface area (Å²) in [6, 6.07) is 6.71. The zero-order valence-electron chi connectivity index (χ0n) is 11.9. The highest BCUT2D eigenvalue weighted by Gasteiger charge is 2.23. The number of carbonyl (C=O) groups excluding carboxylic acids is 1. The average Bonchev–Trinajstić information content (AvgIpc) is 2.45. The molecule has 0 radical (unpaired) electrons. The summed E-state index contributed by atoms with van der Waals surface area (Å²) in [5.41, 5.74) is 0.621. The van der Waals surface area contributed by atoms with E-state index in [1.807, 2.05) is 0 Å². The van der Waals surface area contributed by atoms with Crippen molar-refractivity contribution in [3.05, 3.63) is 41.5 Å². The van der Waals surface area contributed by atoms with Gasteiger partial charge in [0, 0.05) is 30.0 Å². The third-order valence-corrected chi connectivity index (χ3v) is 3.41.